The summed E-state index contributed by atoms with van der Waals surface area (Å²) >= 11 is 0. The Balaban J connectivity index is 0.000000177. The lowest BCUT2D eigenvalue weighted by Gasteiger charge is -2.25. The summed E-state index contributed by atoms with van der Waals surface area (Å²) < 4.78 is 56.2. The molecule has 4 fully saturated rings. The van der Waals surface area contributed by atoms with E-state index in [0.717, 1.165) is 87.9 Å². The summed E-state index contributed by atoms with van der Waals surface area (Å²) in [7, 11) is -4.26. The fourth-order valence-corrected chi connectivity index (χ4v) is 10.2. The highest BCUT2D eigenvalue weighted by Gasteiger charge is 2.26. The molecule has 0 spiro atoms. The van der Waals surface area contributed by atoms with Crippen molar-refractivity contribution in [1.29, 1.82) is 0 Å². The van der Waals surface area contributed by atoms with Gasteiger partial charge in [0.2, 0.25) is 25.9 Å². The van der Waals surface area contributed by atoms with Gasteiger partial charge in [0.15, 0.2) is 5.82 Å². The summed E-state index contributed by atoms with van der Waals surface area (Å²) in [4.78, 5) is 2.10. The molecule has 0 radical (unpaired) electrons. The van der Waals surface area contributed by atoms with Gasteiger partial charge >= 0.3 is 0 Å². The zero-order valence-electron chi connectivity index (χ0n) is 33.7. The first-order valence-electron chi connectivity index (χ1n) is 21.1. The largest absolute Gasteiger partial charge is 0.382 e. The van der Waals surface area contributed by atoms with Gasteiger partial charge in [0.25, 0.3) is 0 Å². The maximum Gasteiger partial charge on any atom is 0.240 e. The molecule has 2 aromatic heterocycles. The second kappa shape index (κ2) is 19.5. The Morgan fingerprint density at radius 1 is 0.690 bits per heavy atom. The molecule has 4 aliphatic rings. The molecule has 2 aliphatic carbocycles. The number of hydrogen-bond acceptors (Lipinski definition) is 13. The Labute approximate surface area is 342 Å². The second-order valence-corrected chi connectivity index (χ2v) is 19.8. The summed E-state index contributed by atoms with van der Waals surface area (Å²) in [6.45, 7) is 3.66. The van der Waals surface area contributed by atoms with Crippen molar-refractivity contribution in [3.8, 4) is 22.8 Å². The third-order valence-corrected chi connectivity index (χ3v) is 14.9. The van der Waals surface area contributed by atoms with Crippen molar-refractivity contribution < 1.29 is 16.8 Å². The molecular weight excluding hydrogens is 779 g/mol. The summed E-state index contributed by atoms with van der Waals surface area (Å²) in [5.74, 6) is 1.75. The highest BCUT2D eigenvalue weighted by atomic mass is 32.2. The standard InChI is InChI=1S/C20H30N6O2S.C19H29N7O2S/c1-21-29(27,28)18-10-9-16(12-15-6-3-2-4-7-15)19(13-18)20-23-24-25-26(20)17-8-5-11-22-14-17;1-20-29(27,28)16-9-10-18(22-14-6-3-2-4-7-14)17(12-16)19-23-25-26(24-19)15-8-5-11-21-13-15/h9-10,13,15,17,21-22H,2-8,11-12,14H2,1H3;9-10,12,14-15,20-22H,2-8,11,13H2,1H3. The maximum absolute atomic E-state index is 12.4. The van der Waals surface area contributed by atoms with Gasteiger partial charge in [-0.2, -0.15) is 4.80 Å². The van der Waals surface area contributed by atoms with Gasteiger partial charge in [-0.05, 0) is 130 Å². The van der Waals surface area contributed by atoms with Crippen LogP contribution >= 0.6 is 0 Å². The number of benzene rings is 2. The molecule has 2 unspecified atom stereocenters. The summed E-state index contributed by atoms with van der Waals surface area (Å²) in [6.07, 6.45) is 17.4. The third-order valence-electron chi connectivity index (χ3n) is 12.0. The Hall–Kier alpha value is -3.88. The molecule has 17 nitrogen and oxygen atoms in total. The summed E-state index contributed by atoms with van der Waals surface area (Å²) in [6, 6.07) is 11.2. The van der Waals surface area contributed by atoms with Crippen molar-refractivity contribution in [2.45, 2.75) is 124 Å². The SMILES string of the molecule is CNS(=O)(=O)c1ccc(CC2CCCCC2)c(-c2nnnn2C2CCCNC2)c1.CNS(=O)(=O)c1ccc(NC2CCCCC2)c(-c2nnn(C3CCCNC3)n2)c1. The molecule has 8 rings (SSSR count). The van der Waals surface area contributed by atoms with E-state index < -0.39 is 20.0 Å². The number of aromatic nitrogens is 8. The number of piperidine rings is 2. The predicted molar refractivity (Wildman–Crippen MR) is 222 cm³/mol. The average Bonchev–Trinajstić information content (AvgIpc) is 3.97. The minimum Gasteiger partial charge on any atom is -0.382 e. The van der Waals surface area contributed by atoms with Crippen LogP contribution in [0.2, 0.25) is 0 Å². The molecule has 0 amide bonds. The molecule has 2 saturated carbocycles. The highest BCUT2D eigenvalue weighted by molar-refractivity contribution is 7.89. The molecule has 0 bridgehead atoms. The van der Waals surface area contributed by atoms with Gasteiger partial charge in [-0.1, -0.05) is 57.4 Å². The number of rotatable bonds is 12. The molecule has 5 N–H and O–H groups in total. The molecule has 2 atom stereocenters. The molecule has 2 aliphatic heterocycles. The smallest absolute Gasteiger partial charge is 0.240 e. The fourth-order valence-electron chi connectivity index (χ4n) is 8.69. The van der Waals surface area contributed by atoms with Gasteiger partial charge in [-0.3, -0.25) is 0 Å². The lowest BCUT2D eigenvalue weighted by molar-refractivity contribution is 0.313. The van der Waals surface area contributed by atoms with Crippen LogP contribution in [0.1, 0.15) is 108 Å². The van der Waals surface area contributed by atoms with Crippen LogP contribution in [0.4, 0.5) is 5.69 Å². The second-order valence-electron chi connectivity index (χ2n) is 16.0. The van der Waals surface area contributed by atoms with E-state index >= 15 is 0 Å². The number of anilines is 1. The van der Waals surface area contributed by atoms with E-state index in [1.54, 1.807) is 29.1 Å². The Morgan fingerprint density at radius 2 is 1.31 bits per heavy atom. The van der Waals surface area contributed by atoms with Crippen molar-refractivity contribution >= 4 is 25.7 Å². The van der Waals surface area contributed by atoms with Crippen LogP contribution in [-0.2, 0) is 26.5 Å². The monoisotopic (exact) mass is 837 g/mol. The molecule has 2 aromatic carbocycles. The van der Waals surface area contributed by atoms with Gasteiger partial charge < -0.3 is 16.0 Å². The molecular formula is C39H59N13O4S2. The van der Waals surface area contributed by atoms with Crippen LogP contribution in [0, 0.1) is 5.92 Å². The van der Waals surface area contributed by atoms with E-state index in [4.69, 9.17) is 0 Å². The molecule has 58 heavy (non-hydrogen) atoms. The number of hydrogen-bond donors (Lipinski definition) is 5. The zero-order chi connectivity index (χ0) is 40.5. The van der Waals surface area contributed by atoms with Crippen LogP contribution in [0.15, 0.2) is 46.2 Å². The van der Waals surface area contributed by atoms with Crippen LogP contribution in [-0.4, -0.2) is 104 Å². The van der Waals surface area contributed by atoms with Crippen LogP contribution < -0.4 is 25.4 Å². The predicted octanol–water partition coefficient (Wildman–Crippen LogP) is 4.21. The maximum atomic E-state index is 12.4. The van der Waals surface area contributed by atoms with Gasteiger partial charge in [0.1, 0.15) is 0 Å². The third kappa shape index (κ3) is 10.3. The van der Waals surface area contributed by atoms with Gasteiger partial charge in [-0.25, -0.2) is 31.0 Å². The molecule has 19 heteroatoms. The van der Waals surface area contributed by atoms with Crippen LogP contribution in [0.5, 0.6) is 0 Å². The quantitative estimate of drug-likeness (QED) is 0.135. The van der Waals surface area contributed by atoms with Gasteiger partial charge in [0.05, 0.1) is 21.9 Å². The minimum atomic E-state index is -3.56. The lowest BCUT2D eigenvalue weighted by atomic mass is 9.84. The van der Waals surface area contributed by atoms with E-state index in [0.29, 0.717) is 29.2 Å². The van der Waals surface area contributed by atoms with Crippen molar-refractivity contribution in [2.75, 3.05) is 45.6 Å². The Morgan fingerprint density at radius 3 is 1.95 bits per heavy atom. The number of nitrogens with one attached hydrogen (secondary N) is 5. The Bertz CT molecular complexity index is 2170. The van der Waals surface area contributed by atoms with Crippen LogP contribution in [0.3, 0.4) is 0 Å². The van der Waals surface area contributed by atoms with Gasteiger partial charge in [-0.15, -0.1) is 15.3 Å². The van der Waals surface area contributed by atoms with Crippen molar-refractivity contribution in [3.63, 3.8) is 0 Å². The van der Waals surface area contributed by atoms with Crippen LogP contribution in [0.25, 0.3) is 22.8 Å². The Kier molecular flexibility index (Phi) is 14.2. The first-order chi connectivity index (χ1) is 28.1. The first-order valence-corrected chi connectivity index (χ1v) is 24.0. The molecule has 4 aromatic rings. The highest BCUT2D eigenvalue weighted by Crippen LogP contribution is 2.34. The molecule has 4 heterocycles. The fraction of sp³-hybridized carbons (Fsp3) is 0.641. The molecule has 316 valence electrons. The van der Waals surface area contributed by atoms with E-state index in [1.807, 2.05) is 16.8 Å². The topological polar surface area (TPSA) is 216 Å². The lowest BCUT2D eigenvalue weighted by Crippen LogP contribution is -2.32. The normalized spacial score (nSPS) is 21.3. The minimum absolute atomic E-state index is 0.170. The summed E-state index contributed by atoms with van der Waals surface area (Å²) in [5.41, 5.74) is 3.49. The van der Waals surface area contributed by atoms with E-state index in [-0.39, 0.29) is 21.9 Å². The van der Waals surface area contributed by atoms with E-state index in [1.165, 1.54) is 65.5 Å². The first kappa shape index (κ1) is 42.3. The van der Waals surface area contributed by atoms with Gasteiger partial charge in [0, 0.05) is 35.9 Å². The molecule has 2 saturated heterocycles. The van der Waals surface area contributed by atoms with E-state index in [2.05, 4.69) is 56.3 Å². The van der Waals surface area contributed by atoms with Crippen molar-refractivity contribution in [3.05, 3.63) is 42.0 Å². The van der Waals surface area contributed by atoms with E-state index in [9.17, 15) is 16.8 Å². The zero-order valence-corrected chi connectivity index (χ0v) is 35.4. The summed E-state index contributed by atoms with van der Waals surface area (Å²) in [5, 5.41) is 36.0. The van der Waals surface area contributed by atoms with Crippen molar-refractivity contribution in [1.82, 2.24) is 60.5 Å². The number of tetrazole rings is 2. The number of nitrogens with zero attached hydrogens (tertiary/aromatic N) is 8. The van der Waals surface area contributed by atoms with Crippen molar-refractivity contribution in [2.24, 2.45) is 5.92 Å². The number of sulfonamides is 2. The average molecular weight is 838 g/mol.